The van der Waals surface area contributed by atoms with Gasteiger partial charge in [0.15, 0.2) is 0 Å². The highest BCUT2D eigenvalue weighted by atomic mass is 14.9. The van der Waals surface area contributed by atoms with E-state index in [0.29, 0.717) is 6.04 Å². The summed E-state index contributed by atoms with van der Waals surface area (Å²) in [5.41, 5.74) is 4.50. The second kappa shape index (κ2) is 6.03. The molecule has 0 saturated carbocycles. The second-order valence-electron chi connectivity index (χ2n) is 5.40. The Morgan fingerprint density at radius 1 is 0.895 bits per heavy atom. The molecule has 1 nitrogen and oxygen atoms in total. The Morgan fingerprint density at radius 2 is 1.63 bits per heavy atom. The molecular formula is C18H21N. The topological polar surface area (TPSA) is 12.0 Å². The van der Waals surface area contributed by atoms with Crippen molar-refractivity contribution in [1.82, 2.24) is 5.32 Å². The first-order valence-electron chi connectivity index (χ1n) is 7.26. The molecule has 3 rings (SSSR count). The number of nitrogens with one attached hydrogen (secondary N) is 1. The minimum atomic E-state index is 0.615. The number of rotatable bonds is 3. The minimum absolute atomic E-state index is 0.615. The largest absolute Gasteiger partial charge is 0.313 e. The van der Waals surface area contributed by atoms with Crippen molar-refractivity contribution in [3.63, 3.8) is 0 Å². The van der Waals surface area contributed by atoms with E-state index >= 15 is 0 Å². The lowest BCUT2D eigenvalue weighted by atomic mass is 9.97. The Morgan fingerprint density at radius 3 is 2.47 bits per heavy atom. The SMILES string of the molecule is c1ccc(CC[C@H]2Cc3ccccc3CCN2)cc1. The number of aryl methyl sites for hydroxylation is 1. The molecule has 1 aliphatic heterocycles. The van der Waals surface area contributed by atoms with Crippen LogP contribution < -0.4 is 5.32 Å². The van der Waals surface area contributed by atoms with Crippen LogP contribution in [0.2, 0.25) is 0 Å². The highest BCUT2D eigenvalue weighted by Crippen LogP contribution is 2.17. The molecule has 0 spiro atoms. The van der Waals surface area contributed by atoms with Gasteiger partial charge in [0.25, 0.3) is 0 Å². The molecule has 1 atom stereocenters. The van der Waals surface area contributed by atoms with E-state index in [2.05, 4.69) is 59.9 Å². The molecule has 0 unspecified atom stereocenters. The van der Waals surface area contributed by atoms with Crippen molar-refractivity contribution in [3.05, 3.63) is 71.3 Å². The van der Waals surface area contributed by atoms with Crippen LogP contribution in [0.4, 0.5) is 0 Å². The summed E-state index contributed by atoms with van der Waals surface area (Å²) in [7, 11) is 0. The van der Waals surface area contributed by atoms with Crippen LogP contribution in [-0.2, 0) is 19.3 Å². The Hall–Kier alpha value is -1.60. The van der Waals surface area contributed by atoms with Gasteiger partial charge in [-0.1, -0.05) is 54.6 Å². The zero-order valence-corrected chi connectivity index (χ0v) is 11.3. The van der Waals surface area contributed by atoms with Gasteiger partial charge in [0.2, 0.25) is 0 Å². The third-order valence-electron chi connectivity index (χ3n) is 4.04. The van der Waals surface area contributed by atoms with Crippen LogP contribution >= 0.6 is 0 Å². The summed E-state index contributed by atoms with van der Waals surface area (Å²) >= 11 is 0. The van der Waals surface area contributed by atoms with Crippen LogP contribution in [0.3, 0.4) is 0 Å². The highest BCUT2D eigenvalue weighted by Gasteiger charge is 2.15. The Balaban J connectivity index is 1.63. The first-order valence-corrected chi connectivity index (χ1v) is 7.26. The van der Waals surface area contributed by atoms with E-state index < -0.39 is 0 Å². The first-order chi connectivity index (χ1) is 9.42. The maximum absolute atomic E-state index is 3.70. The number of hydrogen-bond donors (Lipinski definition) is 1. The average Bonchev–Trinajstić information content (AvgIpc) is 2.68. The fourth-order valence-corrected chi connectivity index (χ4v) is 2.94. The van der Waals surface area contributed by atoms with Crippen LogP contribution in [0.25, 0.3) is 0 Å². The van der Waals surface area contributed by atoms with E-state index in [0.717, 1.165) is 13.0 Å². The van der Waals surface area contributed by atoms with Gasteiger partial charge in [0.1, 0.15) is 0 Å². The lowest BCUT2D eigenvalue weighted by Crippen LogP contribution is -2.31. The molecule has 1 aliphatic rings. The molecule has 0 bridgehead atoms. The van der Waals surface area contributed by atoms with Gasteiger partial charge in [-0.05, 0) is 48.9 Å². The highest BCUT2D eigenvalue weighted by molar-refractivity contribution is 5.29. The molecule has 0 aliphatic carbocycles. The van der Waals surface area contributed by atoms with Crippen molar-refractivity contribution in [3.8, 4) is 0 Å². The van der Waals surface area contributed by atoms with Crippen LogP contribution in [-0.4, -0.2) is 12.6 Å². The smallest absolute Gasteiger partial charge is 0.0111 e. The standard InChI is InChI=1S/C18H21N/c1-2-6-15(7-3-1)10-11-18-14-17-9-5-4-8-16(17)12-13-19-18/h1-9,18-19H,10-14H2/t18-/m0/s1. The summed E-state index contributed by atoms with van der Waals surface area (Å²) in [4.78, 5) is 0. The van der Waals surface area contributed by atoms with Gasteiger partial charge in [-0.25, -0.2) is 0 Å². The Labute approximate surface area is 115 Å². The molecule has 0 aromatic heterocycles. The fourth-order valence-electron chi connectivity index (χ4n) is 2.94. The molecule has 19 heavy (non-hydrogen) atoms. The van der Waals surface area contributed by atoms with Crippen molar-refractivity contribution in [2.75, 3.05) is 6.54 Å². The van der Waals surface area contributed by atoms with Gasteiger partial charge in [-0.15, -0.1) is 0 Å². The molecule has 0 fully saturated rings. The monoisotopic (exact) mass is 251 g/mol. The predicted molar refractivity (Wildman–Crippen MR) is 80.4 cm³/mol. The minimum Gasteiger partial charge on any atom is -0.313 e. The van der Waals surface area contributed by atoms with E-state index in [1.54, 1.807) is 0 Å². The molecule has 98 valence electrons. The van der Waals surface area contributed by atoms with Crippen LogP contribution in [0, 0.1) is 0 Å². The third-order valence-corrected chi connectivity index (χ3v) is 4.04. The third kappa shape index (κ3) is 3.24. The van der Waals surface area contributed by atoms with E-state index in [-0.39, 0.29) is 0 Å². The molecule has 1 heterocycles. The quantitative estimate of drug-likeness (QED) is 0.882. The van der Waals surface area contributed by atoms with Crippen LogP contribution in [0.5, 0.6) is 0 Å². The van der Waals surface area contributed by atoms with Gasteiger partial charge >= 0.3 is 0 Å². The summed E-state index contributed by atoms with van der Waals surface area (Å²) in [6, 6.07) is 20.3. The molecule has 0 saturated heterocycles. The van der Waals surface area contributed by atoms with E-state index in [4.69, 9.17) is 0 Å². The van der Waals surface area contributed by atoms with E-state index in [9.17, 15) is 0 Å². The lowest BCUT2D eigenvalue weighted by Gasteiger charge is -2.16. The maximum Gasteiger partial charge on any atom is 0.0111 e. The van der Waals surface area contributed by atoms with Crippen LogP contribution in [0.1, 0.15) is 23.1 Å². The number of hydrogen-bond acceptors (Lipinski definition) is 1. The van der Waals surface area contributed by atoms with Crippen molar-refractivity contribution < 1.29 is 0 Å². The normalized spacial score (nSPS) is 18.6. The number of benzene rings is 2. The first kappa shape index (κ1) is 12.4. The molecular weight excluding hydrogens is 230 g/mol. The molecule has 1 N–H and O–H groups in total. The number of fused-ring (bicyclic) bond motifs is 1. The summed E-state index contributed by atoms with van der Waals surface area (Å²) in [6.45, 7) is 1.11. The van der Waals surface area contributed by atoms with Gasteiger partial charge in [-0.3, -0.25) is 0 Å². The zero-order chi connectivity index (χ0) is 12.9. The van der Waals surface area contributed by atoms with Crippen molar-refractivity contribution in [2.45, 2.75) is 31.7 Å². The van der Waals surface area contributed by atoms with Crippen molar-refractivity contribution in [2.24, 2.45) is 0 Å². The molecule has 2 aromatic rings. The summed E-state index contributed by atoms with van der Waals surface area (Å²) < 4.78 is 0. The van der Waals surface area contributed by atoms with E-state index in [1.807, 2.05) is 0 Å². The molecule has 0 amide bonds. The van der Waals surface area contributed by atoms with Gasteiger partial charge in [-0.2, -0.15) is 0 Å². The predicted octanol–water partition coefficient (Wildman–Crippen LogP) is 3.38. The van der Waals surface area contributed by atoms with Gasteiger partial charge in [0.05, 0.1) is 0 Å². The second-order valence-corrected chi connectivity index (χ2v) is 5.40. The molecule has 0 radical (unpaired) electrons. The Bertz CT molecular complexity index is 518. The van der Waals surface area contributed by atoms with Crippen molar-refractivity contribution in [1.29, 1.82) is 0 Å². The van der Waals surface area contributed by atoms with Crippen molar-refractivity contribution >= 4 is 0 Å². The fraction of sp³-hybridized carbons (Fsp3) is 0.333. The Kier molecular flexibility index (Phi) is 3.95. The lowest BCUT2D eigenvalue weighted by molar-refractivity contribution is 0.494. The van der Waals surface area contributed by atoms with Gasteiger partial charge in [0, 0.05) is 6.04 Å². The summed E-state index contributed by atoms with van der Waals surface area (Å²) in [6.07, 6.45) is 4.72. The molecule has 2 aromatic carbocycles. The van der Waals surface area contributed by atoms with Gasteiger partial charge < -0.3 is 5.32 Å². The van der Waals surface area contributed by atoms with Crippen LogP contribution in [0.15, 0.2) is 54.6 Å². The molecule has 1 heteroatoms. The summed E-state index contributed by atoms with van der Waals surface area (Å²) in [5.74, 6) is 0. The zero-order valence-electron chi connectivity index (χ0n) is 11.3. The average molecular weight is 251 g/mol. The van der Waals surface area contributed by atoms with E-state index in [1.165, 1.54) is 36.0 Å². The summed E-state index contributed by atoms with van der Waals surface area (Å²) in [5, 5.41) is 3.70. The maximum atomic E-state index is 3.70.